The minimum atomic E-state index is 0.149. The number of likely N-dealkylation sites (tertiary alicyclic amines) is 1. The van der Waals surface area contributed by atoms with Crippen molar-refractivity contribution in [3.8, 4) is 5.75 Å². The molecule has 5 nitrogen and oxygen atoms in total. The van der Waals surface area contributed by atoms with E-state index in [9.17, 15) is 4.79 Å². The second-order valence-corrected chi connectivity index (χ2v) is 11.8. The van der Waals surface area contributed by atoms with E-state index in [2.05, 4.69) is 82.6 Å². The average Bonchev–Trinajstić information content (AvgIpc) is 3.53. The van der Waals surface area contributed by atoms with E-state index in [4.69, 9.17) is 4.74 Å². The number of benzene rings is 3. The molecule has 0 radical (unpaired) electrons. The van der Waals surface area contributed by atoms with Crippen molar-refractivity contribution in [3.05, 3.63) is 101 Å². The van der Waals surface area contributed by atoms with Crippen molar-refractivity contribution in [1.82, 2.24) is 14.7 Å². The second kappa shape index (κ2) is 10.4. The third-order valence-electron chi connectivity index (χ3n) is 9.80. The lowest BCUT2D eigenvalue weighted by Gasteiger charge is -2.66. The molecule has 6 heterocycles. The van der Waals surface area contributed by atoms with Crippen LogP contribution in [0.2, 0.25) is 0 Å². The van der Waals surface area contributed by atoms with Crippen molar-refractivity contribution in [2.75, 3.05) is 20.2 Å². The summed E-state index contributed by atoms with van der Waals surface area (Å²) in [5, 5.41) is 0. The van der Waals surface area contributed by atoms with Gasteiger partial charge in [-0.15, -0.1) is 0 Å². The van der Waals surface area contributed by atoms with E-state index < -0.39 is 0 Å². The number of amides is 1. The fourth-order valence-electron chi connectivity index (χ4n) is 8.08. The van der Waals surface area contributed by atoms with Crippen LogP contribution in [0.4, 0.5) is 0 Å². The van der Waals surface area contributed by atoms with E-state index in [0.29, 0.717) is 24.2 Å². The monoisotopic (exact) mass is 521 g/mol. The quantitative estimate of drug-likeness (QED) is 0.388. The van der Waals surface area contributed by atoms with E-state index in [0.717, 1.165) is 43.8 Å². The van der Waals surface area contributed by atoms with Crippen LogP contribution >= 0.6 is 0 Å². The van der Waals surface area contributed by atoms with Gasteiger partial charge in [0.05, 0.1) is 13.2 Å². The summed E-state index contributed by atoms with van der Waals surface area (Å²) in [4.78, 5) is 20.8. The molecule has 9 rings (SSSR count). The Kier molecular flexibility index (Phi) is 6.65. The Hall–Kier alpha value is -3.15. The molecule has 6 fully saturated rings. The summed E-state index contributed by atoms with van der Waals surface area (Å²) < 4.78 is 5.67. The Bertz CT molecular complexity index is 1280. The number of nitrogens with zero attached hydrogens (tertiary/aromatic N) is 3. The summed E-state index contributed by atoms with van der Waals surface area (Å²) in [6, 6.07) is 30.5. The van der Waals surface area contributed by atoms with Crippen LogP contribution in [0.5, 0.6) is 5.75 Å². The zero-order valence-electron chi connectivity index (χ0n) is 22.9. The van der Waals surface area contributed by atoms with Gasteiger partial charge in [0.1, 0.15) is 5.75 Å². The molecule has 0 saturated carbocycles. The maximum atomic E-state index is 13.1. The number of methoxy groups -OCH3 is 1. The van der Waals surface area contributed by atoms with Crippen molar-refractivity contribution in [1.29, 1.82) is 0 Å². The van der Waals surface area contributed by atoms with Gasteiger partial charge in [0, 0.05) is 49.4 Å². The summed E-state index contributed by atoms with van der Waals surface area (Å²) in [6.07, 6.45) is 7.30. The largest absolute Gasteiger partial charge is 0.497 e. The molecule has 0 aliphatic carbocycles. The Labute approximate surface area is 232 Å². The summed E-state index contributed by atoms with van der Waals surface area (Å²) in [5.41, 5.74) is 4.78. The number of piperazine rings is 1. The fraction of sp³-hybridized carbons (Fsp3) is 0.441. The lowest BCUT2D eigenvalue weighted by atomic mass is 9.69. The van der Waals surface area contributed by atoms with Gasteiger partial charge in [-0.1, -0.05) is 54.6 Å². The molecule has 5 heteroatoms. The Morgan fingerprint density at radius 3 is 2.13 bits per heavy atom. The van der Waals surface area contributed by atoms with Crippen molar-refractivity contribution >= 4 is 5.91 Å². The van der Waals surface area contributed by atoms with Gasteiger partial charge >= 0.3 is 0 Å². The number of rotatable bonds is 7. The van der Waals surface area contributed by atoms with Crippen molar-refractivity contribution in [2.24, 2.45) is 0 Å². The first-order valence-corrected chi connectivity index (χ1v) is 14.8. The highest BCUT2D eigenvalue weighted by atomic mass is 16.5. The normalized spacial score (nSPS) is 27.2. The minimum Gasteiger partial charge on any atom is -0.497 e. The van der Waals surface area contributed by atoms with Gasteiger partial charge in [-0.2, -0.15) is 0 Å². The van der Waals surface area contributed by atoms with E-state index in [1.807, 2.05) is 11.0 Å². The van der Waals surface area contributed by atoms with Gasteiger partial charge in [0.15, 0.2) is 0 Å². The molecule has 0 aromatic heterocycles. The smallest absolute Gasteiger partial charge is 0.253 e. The highest BCUT2D eigenvalue weighted by molar-refractivity contribution is 5.94. The Morgan fingerprint density at radius 2 is 1.46 bits per heavy atom. The molecule has 0 spiro atoms. The van der Waals surface area contributed by atoms with Crippen LogP contribution in [0, 0.1) is 0 Å². The molecule has 3 aromatic rings. The first kappa shape index (κ1) is 24.9. The van der Waals surface area contributed by atoms with E-state index in [1.165, 1.54) is 42.4 Å². The molecular formula is C34H39N3O2. The average molecular weight is 522 g/mol. The van der Waals surface area contributed by atoms with E-state index in [1.54, 1.807) is 7.11 Å². The summed E-state index contributed by atoms with van der Waals surface area (Å²) in [5.74, 6) is 1.07. The third kappa shape index (κ3) is 4.46. The molecular weight excluding hydrogens is 482 g/mol. The maximum Gasteiger partial charge on any atom is 0.253 e. The molecule has 6 saturated heterocycles. The van der Waals surface area contributed by atoms with Gasteiger partial charge < -0.3 is 9.64 Å². The lowest BCUT2D eigenvalue weighted by Crippen LogP contribution is -2.75. The molecule has 0 N–H and O–H groups in total. The number of hydrogen-bond acceptors (Lipinski definition) is 4. The minimum absolute atomic E-state index is 0.149. The number of piperidine rings is 4. The van der Waals surface area contributed by atoms with Crippen molar-refractivity contribution < 1.29 is 9.53 Å². The van der Waals surface area contributed by atoms with Crippen LogP contribution in [0.3, 0.4) is 0 Å². The lowest BCUT2D eigenvalue weighted by molar-refractivity contribution is -0.159. The second-order valence-electron chi connectivity index (χ2n) is 11.8. The number of ether oxygens (including phenoxy) is 1. The molecule has 39 heavy (non-hydrogen) atoms. The van der Waals surface area contributed by atoms with Crippen LogP contribution in [0.1, 0.15) is 71.6 Å². The van der Waals surface area contributed by atoms with Gasteiger partial charge in [-0.3, -0.25) is 14.6 Å². The predicted molar refractivity (Wildman–Crippen MR) is 154 cm³/mol. The van der Waals surface area contributed by atoms with Gasteiger partial charge in [-0.05, 0) is 79.5 Å². The first-order chi connectivity index (χ1) is 19.2. The van der Waals surface area contributed by atoms with Crippen LogP contribution < -0.4 is 4.74 Å². The highest BCUT2D eigenvalue weighted by Gasteiger charge is 2.56. The van der Waals surface area contributed by atoms with Crippen LogP contribution in [-0.4, -0.2) is 65.0 Å². The summed E-state index contributed by atoms with van der Waals surface area (Å²) >= 11 is 0. The van der Waals surface area contributed by atoms with Gasteiger partial charge in [0.25, 0.3) is 5.91 Å². The molecule has 5 unspecified atom stereocenters. The topological polar surface area (TPSA) is 36.0 Å². The van der Waals surface area contributed by atoms with Crippen LogP contribution in [0.15, 0.2) is 78.9 Å². The highest BCUT2D eigenvalue weighted by Crippen LogP contribution is 2.51. The summed E-state index contributed by atoms with van der Waals surface area (Å²) in [6.45, 7) is 2.81. The fourth-order valence-corrected chi connectivity index (χ4v) is 8.08. The number of fused-ring (bicyclic) bond motifs is 2. The zero-order chi connectivity index (χ0) is 26.3. The molecule has 5 atom stereocenters. The molecule has 6 aliphatic rings. The van der Waals surface area contributed by atoms with Crippen molar-refractivity contribution in [3.63, 3.8) is 0 Å². The Balaban J connectivity index is 1.23. The third-order valence-corrected chi connectivity index (χ3v) is 9.80. The maximum absolute atomic E-state index is 13.1. The first-order valence-electron chi connectivity index (χ1n) is 14.8. The van der Waals surface area contributed by atoms with Gasteiger partial charge in [0.2, 0.25) is 0 Å². The molecule has 4 bridgehead atoms. The zero-order valence-corrected chi connectivity index (χ0v) is 22.9. The molecule has 1 amide bonds. The Morgan fingerprint density at radius 1 is 0.795 bits per heavy atom. The SMILES string of the molecule is COc1cccc(C(c2ccc(C(=O)N3CCCC3)cc2)N2C3CCC4C2CCC3N4Cc2ccccc2)c1. The molecule has 202 valence electrons. The van der Waals surface area contributed by atoms with Crippen molar-refractivity contribution in [2.45, 2.75) is 75.3 Å². The van der Waals surface area contributed by atoms with E-state index >= 15 is 0 Å². The molecule has 6 aliphatic heterocycles. The number of carbonyl (C=O) groups is 1. The van der Waals surface area contributed by atoms with Crippen LogP contribution in [0.25, 0.3) is 0 Å². The number of carbonyl (C=O) groups excluding carboxylic acids is 1. The standard InChI is InChI=1S/C34H39N3O2/c1-39-28-11-7-10-27(22-28)33(25-12-14-26(15-13-25)34(38)35-20-5-6-21-35)37-31-18-16-29-32(37)19-17-30(31)36(29)23-24-8-3-2-4-9-24/h2-4,7-15,22,29-33H,5-6,16-21,23H2,1H3. The number of hydrogen-bond donors (Lipinski definition) is 0. The van der Waals surface area contributed by atoms with Crippen LogP contribution in [-0.2, 0) is 6.54 Å². The summed E-state index contributed by atoms with van der Waals surface area (Å²) in [7, 11) is 1.75. The molecule has 3 aromatic carbocycles. The predicted octanol–water partition coefficient (Wildman–Crippen LogP) is 5.90. The van der Waals surface area contributed by atoms with E-state index in [-0.39, 0.29) is 11.9 Å². The van der Waals surface area contributed by atoms with Gasteiger partial charge in [-0.25, -0.2) is 0 Å².